The Labute approximate surface area is 200 Å². The van der Waals surface area contributed by atoms with Gasteiger partial charge in [0.1, 0.15) is 0 Å². The second-order valence-electron chi connectivity index (χ2n) is 8.94. The Balaban J connectivity index is 1.59. The number of hydrogen-bond donors (Lipinski definition) is 0. The van der Waals surface area contributed by atoms with Crippen molar-refractivity contribution in [3.05, 3.63) is 106 Å². The highest BCUT2D eigenvalue weighted by Gasteiger charge is 2.34. The van der Waals surface area contributed by atoms with Crippen molar-refractivity contribution in [2.75, 3.05) is 13.1 Å². The van der Waals surface area contributed by atoms with E-state index in [0.717, 1.165) is 29.7 Å². The van der Waals surface area contributed by atoms with Gasteiger partial charge in [-0.15, -0.1) is 0 Å². The van der Waals surface area contributed by atoms with Crippen LogP contribution in [0.5, 0.6) is 0 Å². The van der Waals surface area contributed by atoms with Crippen LogP contribution in [-0.4, -0.2) is 40.8 Å². The van der Waals surface area contributed by atoms with Crippen molar-refractivity contribution in [1.82, 2.24) is 9.80 Å². The number of hydrogen-bond acceptors (Lipinski definition) is 3. The van der Waals surface area contributed by atoms with E-state index < -0.39 is 0 Å². The van der Waals surface area contributed by atoms with E-state index in [0.29, 0.717) is 12.1 Å². The Hall–Kier alpha value is -2.27. The summed E-state index contributed by atoms with van der Waals surface area (Å²) < 4.78 is 1.12. The fourth-order valence-electron chi connectivity index (χ4n) is 4.74. The average Bonchev–Trinajstić information content (AvgIpc) is 2.80. The Kier molecular flexibility index (Phi) is 7.24. The molecule has 0 N–H and O–H groups in total. The van der Waals surface area contributed by atoms with E-state index in [1.165, 1.54) is 16.7 Å². The van der Waals surface area contributed by atoms with Crippen LogP contribution in [0.3, 0.4) is 0 Å². The summed E-state index contributed by atoms with van der Waals surface area (Å²) in [5.74, 6) is 0.108. The van der Waals surface area contributed by atoms with Crippen molar-refractivity contribution >= 4 is 21.7 Å². The first kappa shape index (κ1) is 22.9. The predicted octanol–water partition coefficient (Wildman–Crippen LogP) is 6.34. The molecule has 0 aromatic heterocycles. The van der Waals surface area contributed by atoms with E-state index in [9.17, 15) is 4.79 Å². The number of nitrogens with zero attached hydrogens (tertiary/aromatic N) is 2. The van der Waals surface area contributed by atoms with E-state index in [-0.39, 0.29) is 11.8 Å². The second kappa shape index (κ2) is 10.1. The summed E-state index contributed by atoms with van der Waals surface area (Å²) in [6.45, 7) is 9.27. The van der Waals surface area contributed by atoms with Gasteiger partial charge in [-0.05, 0) is 49.6 Å². The van der Waals surface area contributed by atoms with Crippen molar-refractivity contribution in [3.8, 4) is 0 Å². The van der Waals surface area contributed by atoms with Crippen molar-refractivity contribution in [3.63, 3.8) is 0 Å². The lowest BCUT2D eigenvalue weighted by molar-refractivity contribution is 0.0195. The zero-order chi connectivity index (χ0) is 22.7. The topological polar surface area (TPSA) is 23.6 Å². The molecule has 1 heterocycles. The van der Waals surface area contributed by atoms with E-state index in [4.69, 9.17) is 0 Å². The first-order valence-corrected chi connectivity index (χ1v) is 12.1. The largest absolute Gasteiger partial charge is 0.295 e. The first-order valence-electron chi connectivity index (χ1n) is 11.3. The van der Waals surface area contributed by atoms with Crippen LogP contribution in [-0.2, 0) is 6.54 Å². The lowest BCUT2D eigenvalue weighted by atomic mass is 9.92. The molecule has 1 aliphatic rings. The molecule has 32 heavy (non-hydrogen) atoms. The fourth-order valence-corrected chi connectivity index (χ4v) is 5.00. The number of Topliss-reactive ketones (excluding diaryl/α,β-unsaturated/α-hetero) is 1. The Morgan fingerprint density at radius 3 is 2.12 bits per heavy atom. The number of carbonyl (C=O) groups excluding carboxylic acids is 1. The quantitative estimate of drug-likeness (QED) is 0.376. The van der Waals surface area contributed by atoms with Gasteiger partial charge in [0, 0.05) is 41.8 Å². The van der Waals surface area contributed by atoms with Crippen molar-refractivity contribution in [2.24, 2.45) is 0 Å². The van der Waals surface area contributed by atoms with Gasteiger partial charge in [-0.3, -0.25) is 14.6 Å². The second-order valence-corrected chi connectivity index (χ2v) is 9.86. The molecular weight excluding hydrogens is 460 g/mol. The number of carbonyl (C=O) groups is 1. The van der Waals surface area contributed by atoms with Crippen LogP contribution in [0, 0.1) is 0 Å². The van der Waals surface area contributed by atoms with Crippen LogP contribution in [0.4, 0.5) is 0 Å². The summed E-state index contributed by atoms with van der Waals surface area (Å²) in [6.07, 6.45) is 0. The zero-order valence-corrected chi connectivity index (χ0v) is 20.6. The summed E-state index contributed by atoms with van der Waals surface area (Å²) >= 11 is 3.53. The molecule has 4 rings (SSSR count). The standard InChI is InChI=1S/C28H31BrN2O/c1-20-18-31(21(2)17-30(20)19-23-9-15-27(29)16-10-23)28(25-7-5-4-6-8-25)26-13-11-24(12-14-26)22(3)32/h4-16,20-21,28H,17-19H2,1-3H3/t20-,21+,28+/m1/s1. The summed E-state index contributed by atoms with van der Waals surface area (Å²) in [6, 6.07) is 28.6. The normalized spacial score (nSPS) is 20.8. The molecule has 0 spiro atoms. The maximum Gasteiger partial charge on any atom is 0.159 e. The molecule has 1 aliphatic heterocycles. The molecule has 0 aliphatic carbocycles. The smallest absolute Gasteiger partial charge is 0.159 e. The third-order valence-corrected chi connectivity index (χ3v) is 7.07. The van der Waals surface area contributed by atoms with Gasteiger partial charge in [0.15, 0.2) is 5.78 Å². The molecule has 3 atom stereocenters. The third kappa shape index (κ3) is 5.20. The zero-order valence-electron chi connectivity index (χ0n) is 19.0. The van der Waals surface area contributed by atoms with E-state index >= 15 is 0 Å². The molecule has 0 radical (unpaired) electrons. The van der Waals surface area contributed by atoms with Gasteiger partial charge in [-0.1, -0.05) is 82.7 Å². The number of benzene rings is 3. The molecule has 1 fully saturated rings. The van der Waals surface area contributed by atoms with Gasteiger partial charge in [0.25, 0.3) is 0 Å². The summed E-state index contributed by atoms with van der Waals surface area (Å²) in [7, 11) is 0. The molecule has 166 valence electrons. The summed E-state index contributed by atoms with van der Waals surface area (Å²) in [4.78, 5) is 17.0. The molecular formula is C28H31BrN2O. The molecule has 3 aromatic carbocycles. The van der Waals surface area contributed by atoms with Crippen LogP contribution in [0.2, 0.25) is 0 Å². The fraction of sp³-hybridized carbons (Fsp3) is 0.321. The van der Waals surface area contributed by atoms with Crippen molar-refractivity contribution in [2.45, 2.75) is 45.4 Å². The van der Waals surface area contributed by atoms with Crippen molar-refractivity contribution < 1.29 is 4.79 Å². The molecule has 1 saturated heterocycles. The number of halogens is 1. The van der Waals surface area contributed by atoms with E-state index in [2.05, 4.69) is 106 Å². The van der Waals surface area contributed by atoms with Crippen LogP contribution in [0.25, 0.3) is 0 Å². The van der Waals surface area contributed by atoms with E-state index in [1.54, 1.807) is 6.92 Å². The van der Waals surface area contributed by atoms with E-state index in [1.807, 2.05) is 12.1 Å². The molecule has 3 aromatic rings. The lowest BCUT2D eigenvalue weighted by Crippen LogP contribution is -2.56. The highest BCUT2D eigenvalue weighted by Crippen LogP contribution is 2.33. The molecule has 0 bridgehead atoms. The molecule has 0 amide bonds. The minimum atomic E-state index is 0.108. The number of piperazine rings is 1. The lowest BCUT2D eigenvalue weighted by Gasteiger charge is -2.47. The average molecular weight is 491 g/mol. The van der Waals surface area contributed by atoms with Gasteiger partial charge >= 0.3 is 0 Å². The van der Waals surface area contributed by atoms with Crippen LogP contribution in [0.1, 0.15) is 53.9 Å². The SMILES string of the molecule is CC(=O)c1ccc([C@H](c2ccccc2)N2C[C@@H](C)N(Cc3ccc(Br)cc3)C[C@@H]2C)cc1. The number of ketones is 1. The minimum Gasteiger partial charge on any atom is -0.295 e. The summed E-state index contributed by atoms with van der Waals surface area (Å²) in [5.41, 5.74) is 4.64. The minimum absolute atomic E-state index is 0.108. The van der Waals surface area contributed by atoms with Gasteiger partial charge in [-0.2, -0.15) is 0 Å². The third-order valence-electron chi connectivity index (χ3n) is 6.54. The Morgan fingerprint density at radius 1 is 0.875 bits per heavy atom. The van der Waals surface area contributed by atoms with Gasteiger partial charge in [0.2, 0.25) is 0 Å². The van der Waals surface area contributed by atoms with Gasteiger partial charge in [0.05, 0.1) is 6.04 Å². The maximum atomic E-state index is 11.8. The van der Waals surface area contributed by atoms with Crippen LogP contribution < -0.4 is 0 Å². The molecule has 0 saturated carbocycles. The molecule has 3 nitrogen and oxygen atoms in total. The highest BCUT2D eigenvalue weighted by molar-refractivity contribution is 9.10. The van der Waals surface area contributed by atoms with Gasteiger partial charge < -0.3 is 0 Å². The van der Waals surface area contributed by atoms with Crippen LogP contribution >= 0.6 is 15.9 Å². The molecule has 0 unspecified atom stereocenters. The molecule has 4 heteroatoms. The van der Waals surface area contributed by atoms with Crippen molar-refractivity contribution in [1.29, 1.82) is 0 Å². The predicted molar refractivity (Wildman–Crippen MR) is 135 cm³/mol. The number of rotatable bonds is 6. The summed E-state index contributed by atoms with van der Waals surface area (Å²) in [5, 5.41) is 0. The van der Waals surface area contributed by atoms with Gasteiger partial charge in [-0.25, -0.2) is 0 Å². The first-order chi connectivity index (χ1) is 15.4. The Morgan fingerprint density at radius 2 is 1.50 bits per heavy atom. The Bertz CT molecular complexity index is 1030. The monoisotopic (exact) mass is 490 g/mol. The highest BCUT2D eigenvalue weighted by atomic mass is 79.9. The maximum absolute atomic E-state index is 11.8. The van der Waals surface area contributed by atoms with Crippen LogP contribution in [0.15, 0.2) is 83.3 Å².